The lowest BCUT2D eigenvalue weighted by molar-refractivity contribution is 0.103. The van der Waals surface area contributed by atoms with Crippen molar-refractivity contribution in [2.75, 3.05) is 7.11 Å². The van der Waals surface area contributed by atoms with Gasteiger partial charge in [-0.25, -0.2) is 8.42 Å². The van der Waals surface area contributed by atoms with E-state index in [9.17, 15) is 13.2 Å². The molecular weight excluding hydrogens is 434 g/mol. The molecule has 0 fully saturated rings. The van der Waals surface area contributed by atoms with E-state index in [2.05, 4.69) is 4.98 Å². The molecule has 3 aromatic carbocycles. The second kappa shape index (κ2) is 8.79. The highest BCUT2D eigenvalue weighted by molar-refractivity contribution is 7.91. The summed E-state index contributed by atoms with van der Waals surface area (Å²) in [7, 11) is -2.46. The van der Waals surface area contributed by atoms with Gasteiger partial charge >= 0.3 is 0 Å². The normalized spacial score (nSPS) is 11.7. The fourth-order valence-corrected chi connectivity index (χ4v) is 5.40. The summed E-state index contributed by atoms with van der Waals surface area (Å²) in [6, 6.07) is 18.8. The van der Waals surface area contributed by atoms with Gasteiger partial charge in [-0.2, -0.15) is 0 Å². The Morgan fingerprint density at radius 3 is 2.21 bits per heavy atom. The number of ether oxygens (including phenoxy) is 1. The van der Waals surface area contributed by atoms with Crippen molar-refractivity contribution >= 4 is 26.5 Å². The molecule has 0 saturated carbocycles. The first-order valence-electron chi connectivity index (χ1n) is 10.7. The molecule has 5 nitrogen and oxygen atoms in total. The van der Waals surface area contributed by atoms with Crippen LogP contribution in [0.5, 0.6) is 5.75 Å². The Kier molecular flexibility index (Phi) is 6.04. The number of fused-ring (bicyclic) bond motifs is 1. The molecule has 0 spiro atoms. The van der Waals surface area contributed by atoms with Gasteiger partial charge in [-0.1, -0.05) is 37.6 Å². The molecule has 4 aromatic rings. The zero-order valence-corrected chi connectivity index (χ0v) is 19.8. The first kappa shape index (κ1) is 22.7. The fourth-order valence-electron chi connectivity index (χ4n) is 3.78. The van der Waals surface area contributed by atoms with E-state index in [1.54, 1.807) is 55.6 Å². The largest absolute Gasteiger partial charge is 0.497 e. The van der Waals surface area contributed by atoms with Crippen molar-refractivity contribution in [3.63, 3.8) is 0 Å². The zero-order valence-electron chi connectivity index (χ0n) is 19.0. The van der Waals surface area contributed by atoms with Crippen LogP contribution in [-0.4, -0.2) is 26.3 Å². The van der Waals surface area contributed by atoms with Gasteiger partial charge in [0, 0.05) is 17.1 Å². The minimum Gasteiger partial charge on any atom is -0.497 e. The number of sulfone groups is 1. The van der Waals surface area contributed by atoms with Gasteiger partial charge in [0.25, 0.3) is 0 Å². The molecule has 0 atom stereocenters. The van der Waals surface area contributed by atoms with Crippen molar-refractivity contribution in [3.05, 3.63) is 95.2 Å². The van der Waals surface area contributed by atoms with Crippen LogP contribution in [-0.2, 0) is 9.84 Å². The Morgan fingerprint density at radius 2 is 1.61 bits per heavy atom. The van der Waals surface area contributed by atoms with Gasteiger partial charge in [0.05, 0.1) is 28.0 Å². The predicted molar refractivity (Wildman–Crippen MR) is 129 cm³/mol. The molecule has 4 rings (SSSR count). The van der Waals surface area contributed by atoms with E-state index in [1.165, 1.54) is 6.20 Å². The van der Waals surface area contributed by atoms with Crippen LogP contribution < -0.4 is 4.74 Å². The molecule has 0 N–H and O–H groups in total. The van der Waals surface area contributed by atoms with Crippen molar-refractivity contribution in [2.45, 2.75) is 36.5 Å². The number of carbonyl (C=O) groups is 1. The molecule has 0 aliphatic heterocycles. The average Bonchev–Trinajstić information content (AvgIpc) is 2.82. The smallest absolute Gasteiger partial charge is 0.208 e. The molecule has 0 amide bonds. The fraction of sp³-hybridized carbons (Fsp3) is 0.185. The lowest BCUT2D eigenvalue weighted by Crippen LogP contribution is -2.13. The molecule has 1 aromatic heterocycles. The number of pyridine rings is 1. The minimum atomic E-state index is -4.01. The third kappa shape index (κ3) is 4.26. The van der Waals surface area contributed by atoms with Gasteiger partial charge in [-0.05, 0) is 66.9 Å². The van der Waals surface area contributed by atoms with E-state index in [1.807, 2.05) is 39.0 Å². The zero-order chi connectivity index (χ0) is 23.8. The number of methoxy groups -OCH3 is 1. The number of carbonyl (C=O) groups excluding carboxylic acids is 1. The monoisotopic (exact) mass is 459 g/mol. The van der Waals surface area contributed by atoms with Crippen LogP contribution in [0, 0.1) is 6.92 Å². The van der Waals surface area contributed by atoms with E-state index >= 15 is 0 Å². The van der Waals surface area contributed by atoms with Gasteiger partial charge in [0.15, 0.2) is 5.78 Å². The van der Waals surface area contributed by atoms with E-state index in [4.69, 9.17) is 4.74 Å². The molecule has 0 aliphatic rings. The maximum absolute atomic E-state index is 13.9. The molecule has 168 valence electrons. The summed E-state index contributed by atoms with van der Waals surface area (Å²) in [5.74, 6) is 0.473. The van der Waals surface area contributed by atoms with Crippen LogP contribution in [0.25, 0.3) is 10.9 Å². The summed E-state index contributed by atoms with van der Waals surface area (Å²) in [5.41, 5.74) is 2.84. The third-order valence-electron chi connectivity index (χ3n) is 5.70. The minimum absolute atomic E-state index is 0.0192. The number of hydrogen-bond acceptors (Lipinski definition) is 5. The number of ketones is 1. The Balaban J connectivity index is 1.96. The van der Waals surface area contributed by atoms with E-state index in [0.29, 0.717) is 22.2 Å². The number of hydrogen-bond donors (Lipinski definition) is 0. The number of aromatic nitrogens is 1. The van der Waals surface area contributed by atoms with Crippen LogP contribution in [0.3, 0.4) is 0 Å². The van der Waals surface area contributed by atoms with Gasteiger partial charge in [0.1, 0.15) is 5.75 Å². The molecular formula is C27H25NO4S. The van der Waals surface area contributed by atoms with Crippen molar-refractivity contribution in [1.29, 1.82) is 0 Å². The predicted octanol–water partition coefficient (Wildman–Crippen LogP) is 5.74. The summed E-state index contributed by atoms with van der Waals surface area (Å²) in [6.07, 6.45) is 1.36. The molecule has 0 unspecified atom stereocenters. The number of aryl methyl sites for hydroxylation is 1. The summed E-state index contributed by atoms with van der Waals surface area (Å²) >= 11 is 0. The molecule has 6 heteroatoms. The maximum Gasteiger partial charge on any atom is 0.208 e. The highest BCUT2D eigenvalue weighted by atomic mass is 32.2. The topological polar surface area (TPSA) is 73.3 Å². The van der Waals surface area contributed by atoms with Crippen molar-refractivity contribution in [2.24, 2.45) is 0 Å². The van der Waals surface area contributed by atoms with Gasteiger partial charge in [-0.3, -0.25) is 9.78 Å². The van der Waals surface area contributed by atoms with Gasteiger partial charge < -0.3 is 4.74 Å². The molecule has 0 aliphatic carbocycles. The quantitative estimate of drug-likeness (QED) is 0.344. The summed E-state index contributed by atoms with van der Waals surface area (Å²) < 4.78 is 33.0. The standard InChI is InChI=1S/C27H25NO4S/c1-17(2)19-8-12-22(13-9-19)33(30,31)27-23-15-18(3)5-14-25(23)28-16-24(27)26(29)20-6-10-21(32-4)11-7-20/h5-17H,1-4H3. The van der Waals surface area contributed by atoms with Crippen LogP contribution in [0.15, 0.2) is 82.7 Å². The SMILES string of the molecule is COc1ccc(C(=O)c2cnc3ccc(C)cc3c2S(=O)(=O)c2ccc(C(C)C)cc2)cc1. The van der Waals surface area contributed by atoms with E-state index < -0.39 is 15.6 Å². The van der Waals surface area contributed by atoms with Crippen molar-refractivity contribution < 1.29 is 17.9 Å². The second-order valence-corrected chi connectivity index (χ2v) is 10.2. The number of benzene rings is 3. The number of nitrogens with zero attached hydrogens (tertiary/aromatic N) is 1. The summed E-state index contributed by atoms with van der Waals surface area (Å²) in [4.78, 5) is 18.0. The first-order chi connectivity index (χ1) is 15.7. The highest BCUT2D eigenvalue weighted by Crippen LogP contribution is 2.33. The van der Waals surface area contributed by atoms with Gasteiger partial charge in [0.2, 0.25) is 9.84 Å². The van der Waals surface area contributed by atoms with Crippen molar-refractivity contribution in [3.8, 4) is 5.75 Å². The second-order valence-electron chi connectivity index (χ2n) is 8.31. The molecule has 0 radical (unpaired) electrons. The van der Waals surface area contributed by atoms with Gasteiger partial charge in [-0.15, -0.1) is 0 Å². The molecule has 33 heavy (non-hydrogen) atoms. The first-order valence-corrected chi connectivity index (χ1v) is 12.1. The number of rotatable bonds is 6. The lowest BCUT2D eigenvalue weighted by Gasteiger charge is -2.14. The Morgan fingerprint density at radius 1 is 0.939 bits per heavy atom. The average molecular weight is 460 g/mol. The molecule has 1 heterocycles. The molecule has 0 saturated heterocycles. The van der Waals surface area contributed by atoms with E-state index in [-0.39, 0.29) is 21.3 Å². The lowest BCUT2D eigenvalue weighted by atomic mass is 10.0. The van der Waals surface area contributed by atoms with Crippen LogP contribution >= 0.6 is 0 Å². The Hall–Kier alpha value is -3.51. The van der Waals surface area contributed by atoms with Crippen molar-refractivity contribution in [1.82, 2.24) is 4.98 Å². The molecule has 0 bridgehead atoms. The maximum atomic E-state index is 13.9. The Labute approximate surface area is 194 Å². The van der Waals surface area contributed by atoms with Crippen LogP contribution in [0.1, 0.15) is 46.8 Å². The Bertz CT molecular complexity index is 1440. The third-order valence-corrected chi connectivity index (χ3v) is 7.57. The summed E-state index contributed by atoms with van der Waals surface area (Å²) in [6.45, 7) is 5.98. The van der Waals surface area contributed by atoms with Crippen LogP contribution in [0.4, 0.5) is 0 Å². The summed E-state index contributed by atoms with van der Waals surface area (Å²) in [5, 5.41) is 0.433. The van der Waals surface area contributed by atoms with Crippen LogP contribution in [0.2, 0.25) is 0 Å². The highest BCUT2D eigenvalue weighted by Gasteiger charge is 2.28. The van der Waals surface area contributed by atoms with E-state index in [0.717, 1.165) is 11.1 Å².